The van der Waals surface area contributed by atoms with Crippen molar-refractivity contribution < 1.29 is 9.59 Å². The molecule has 1 aliphatic heterocycles. The minimum Gasteiger partial charge on any atom is -0.351 e. The summed E-state index contributed by atoms with van der Waals surface area (Å²) >= 11 is 0. The summed E-state index contributed by atoms with van der Waals surface area (Å²) < 4.78 is 1.82. The smallest absolute Gasteiger partial charge is 0.255 e. The van der Waals surface area contributed by atoms with Crippen LogP contribution in [0.4, 0.5) is 0 Å². The van der Waals surface area contributed by atoms with E-state index in [1.54, 1.807) is 6.20 Å². The summed E-state index contributed by atoms with van der Waals surface area (Å²) in [6.07, 6.45) is 2.77. The van der Waals surface area contributed by atoms with Crippen molar-refractivity contribution in [3.63, 3.8) is 0 Å². The van der Waals surface area contributed by atoms with Gasteiger partial charge in [-0.3, -0.25) is 14.3 Å². The molecule has 2 aromatic rings. The zero-order chi connectivity index (χ0) is 17.8. The molecule has 0 unspecified atom stereocenters. The second kappa shape index (κ2) is 7.51. The van der Waals surface area contributed by atoms with E-state index in [1.165, 1.54) is 0 Å². The van der Waals surface area contributed by atoms with Crippen molar-refractivity contribution in [2.75, 3.05) is 0 Å². The molecule has 25 heavy (non-hydrogen) atoms. The Balaban J connectivity index is 1.58. The minimum absolute atomic E-state index is 0.00984. The average molecular weight is 340 g/mol. The van der Waals surface area contributed by atoms with Crippen LogP contribution in [0.25, 0.3) is 0 Å². The van der Waals surface area contributed by atoms with Crippen LogP contribution in [0.15, 0.2) is 36.5 Å². The largest absolute Gasteiger partial charge is 0.351 e. The predicted octanol–water partition coefficient (Wildman–Crippen LogP) is 1.90. The molecule has 2 amide bonds. The molecule has 3 rings (SSSR count). The summed E-state index contributed by atoms with van der Waals surface area (Å²) in [6.45, 7) is 5.15. The van der Waals surface area contributed by atoms with Crippen LogP contribution >= 0.6 is 0 Å². The van der Waals surface area contributed by atoms with Gasteiger partial charge in [0, 0.05) is 19.4 Å². The van der Waals surface area contributed by atoms with Crippen LogP contribution in [-0.4, -0.2) is 27.6 Å². The predicted molar refractivity (Wildman–Crippen MR) is 94.9 cm³/mol. The highest BCUT2D eigenvalue weighted by molar-refractivity contribution is 5.95. The van der Waals surface area contributed by atoms with E-state index < -0.39 is 0 Å². The van der Waals surface area contributed by atoms with Gasteiger partial charge in [-0.2, -0.15) is 5.10 Å². The van der Waals surface area contributed by atoms with Crippen molar-refractivity contribution >= 4 is 11.8 Å². The summed E-state index contributed by atoms with van der Waals surface area (Å²) in [4.78, 5) is 24.4. The van der Waals surface area contributed by atoms with Gasteiger partial charge in [0.1, 0.15) is 0 Å². The zero-order valence-electron chi connectivity index (χ0n) is 14.7. The van der Waals surface area contributed by atoms with E-state index in [0.717, 1.165) is 11.3 Å². The normalized spacial score (nSPS) is 15.9. The first-order valence-electron chi connectivity index (χ1n) is 8.69. The van der Waals surface area contributed by atoms with E-state index in [9.17, 15) is 9.59 Å². The Morgan fingerprint density at radius 1 is 1.28 bits per heavy atom. The van der Waals surface area contributed by atoms with Gasteiger partial charge in [-0.1, -0.05) is 44.2 Å². The lowest BCUT2D eigenvalue weighted by Crippen LogP contribution is -2.36. The Bertz CT molecular complexity index is 752. The first-order chi connectivity index (χ1) is 12.0. The van der Waals surface area contributed by atoms with E-state index >= 15 is 0 Å². The van der Waals surface area contributed by atoms with Crippen LogP contribution in [0, 0.1) is 5.92 Å². The third-order valence-corrected chi connectivity index (χ3v) is 4.28. The number of nitrogens with zero attached hydrogens (tertiary/aromatic N) is 2. The second-order valence-corrected chi connectivity index (χ2v) is 6.92. The molecule has 1 atom stereocenters. The van der Waals surface area contributed by atoms with Gasteiger partial charge < -0.3 is 10.6 Å². The first-order valence-corrected chi connectivity index (χ1v) is 8.69. The number of nitrogens with one attached hydrogen (secondary N) is 2. The molecule has 1 aromatic carbocycles. The highest BCUT2D eigenvalue weighted by Gasteiger charge is 2.28. The Kier molecular flexibility index (Phi) is 5.16. The van der Waals surface area contributed by atoms with Gasteiger partial charge in [-0.25, -0.2) is 0 Å². The lowest BCUT2D eigenvalue weighted by atomic mass is 10.1. The molecule has 2 heterocycles. The molecule has 132 valence electrons. The molecular weight excluding hydrogens is 316 g/mol. The van der Waals surface area contributed by atoms with Crippen molar-refractivity contribution in [2.45, 2.75) is 45.8 Å². The lowest BCUT2D eigenvalue weighted by molar-refractivity contribution is -0.122. The summed E-state index contributed by atoms with van der Waals surface area (Å²) in [7, 11) is 0. The van der Waals surface area contributed by atoms with Gasteiger partial charge in [0.2, 0.25) is 5.91 Å². The fraction of sp³-hybridized carbons (Fsp3) is 0.421. The molecule has 0 fully saturated rings. The van der Waals surface area contributed by atoms with Crippen LogP contribution in [0.3, 0.4) is 0 Å². The molecule has 0 aliphatic carbocycles. The molecule has 0 radical (unpaired) electrons. The number of fused-ring (bicyclic) bond motifs is 1. The molecule has 6 heteroatoms. The number of benzene rings is 1. The van der Waals surface area contributed by atoms with Crippen LogP contribution in [0.1, 0.15) is 41.9 Å². The quantitative estimate of drug-likeness (QED) is 0.843. The van der Waals surface area contributed by atoms with E-state index in [4.69, 9.17) is 0 Å². The zero-order valence-corrected chi connectivity index (χ0v) is 14.7. The number of carbonyl (C=O) groups excluding carboxylic acids is 2. The molecule has 1 aromatic heterocycles. The topological polar surface area (TPSA) is 76.0 Å². The standard InChI is InChI=1S/C19H24N4O2/c1-13(2)8-18(24)22-15-9-17-16(11-21-23(17)12-15)19(25)20-10-14-6-4-3-5-7-14/h3-7,11,13,15H,8-10,12H2,1-2H3,(H,20,25)(H,22,24)/t15-/m0/s1. The van der Waals surface area contributed by atoms with Gasteiger partial charge >= 0.3 is 0 Å². The molecule has 0 spiro atoms. The molecule has 2 N–H and O–H groups in total. The average Bonchev–Trinajstić information content (AvgIpc) is 3.12. The Labute approximate surface area is 147 Å². The van der Waals surface area contributed by atoms with E-state index in [0.29, 0.717) is 37.4 Å². The molecule has 1 aliphatic rings. The Hall–Kier alpha value is -2.63. The summed E-state index contributed by atoms with van der Waals surface area (Å²) in [5.74, 6) is 0.262. The lowest BCUT2D eigenvalue weighted by Gasteiger charge is -2.13. The van der Waals surface area contributed by atoms with E-state index in [2.05, 4.69) is 15.7 Å². The van der Waals surface area contributed by atoms with Crippen molar-refractivity contribution in [3.8, 4) is 0 Å². The maximum Gasteiger partial charge on any atom is 0.255 e. The van der Waals surface area contributed by atoms with Gasteiger partial charge in [0.25, 0.3) is 5.91 Å². The summed E-state index contributed by atoms with van der Waals surface area (Å²) in [5, 5.41) is 10.3. The molecule has 0 saturated carbocycles. The second-order valence-electron chi connectivity index (χ2n) is 6.92. The maximum atomic E-state index is 12.5. The van der Waals surface area contributed by atoms with Crippen LogP contribution in [0.2, 0.25) is 0 Å². The van der Waals surface area contributed by atoms with Crippen molar-refractivity contribution in [1.29, 1.82) is 0 Å². The highest BCUT2D eigenvalue weighted by Crippen LogP contribution is 2.19. The van der Waals surface area contributed by atoms with Crippen molar-refractivity contribution in [3.05, 3.63) is 53.3 Å². The van der Waals surface area contributed by atoms with E-state index in [-0.39, 0.29) is 17.9 Å². The number of amides is 2. The number of hydrogen-bond acceptors (Lipinski definition) is 3. The van der Waals surface area contributed by atoms with Gasteiger partial charge in [-0.15, -0.1) is 0 Å². The van der Waals surface area contributed by atoms with Crippen molar-refractivity contribution in [2.24, 2.45) is 5.92 Å². The summed E-state index contributed by atoms with van der Waals surface area (Å²) in [5.41, 5.74) is 2.54. The molecule has 6 nitrogen and oxygen atoms in total. The van der Waals surface area contributed by atoms with Crippen LogP contribution < -0.4 is 10.6 Å². The van der Waals surface area contributed by atoms with Gasteiger partial charge in [0.15, 0.2) is 0 Å². The van der Waals surface area contributed by atoms with Crippen LogP contribution in [-0.2, 0) is 24.3 Å². The number of rotatable bonds is 6. The van der Waals surface area contributed by atoms with Gasteiger partial charge in [-0.05, 0) is 11.5 Å². The fourth-order valence-electron chi connectivity index (χ4n) is 3.11. The third-order valence-electron chi connectivity index (χ3n) is 4.28. The number of carbonyl (C=O) groups is 2. The van der Waals surface area contributed by atoms with Crippen molar-refractivity contribution in [1.82, 2.24) is 20.4 Å². The summed E-state index contributed by atoms with van der Waals surface area (Å²) in [6, 6.07) is 9.80. The Morgan fingerprint density at radius 2 is 2.04 bits per heavy atom. The number of aromatic nitrogens is 2. The molecule has 0 bridgehead atoms. The third kappa shape index (κ3) is 4.26. The van der Waals surface area contributed by atoms with E-state index in [1.807, 2.05) is 48.9 Å². The molecule has 0 saturated heterocycles. The van der Waals surface area contributed by atoms with Crippen LogP contribution in [0.5, 0.6) is 0 Å². The maximum absolute atomic E-state index is 12.5. The first kappa shape index (κ1) is 17.2. The highest BCUT2D eigenvalue weighted by atomic mass is 16.2. The minimum atomic E-state index is -0.126. The fourth-order valence-corrected chi connectivity index (χ4v) is 3.11. The monoisotopic (exact) mass is 340 g/mol. The SMILES string of the molecule is CC(C)CC(=O)N[C@H]1Cc2c(C(=O)NCc3ccccc3)cnn2C1. The molecular formula is C19H24N4O2. The Morgan fingerprint density at radius 3 is 2.76 bits per heavy atom. The van der Waals surface area contributed by atoms with Gasteiger partial charge in [0.05, 0.1) is 30.0 Å². The number of hydrogen-bond donors (Lipinski definition) is 2.